The fourth-order valence-electron chi connectivity index (χ4n) is 2.92. The van der Waals surface area contributed by atoms with Gasteiger partial charge < -0.3 is 15.8 Å². The first-order valence-electron chi connectivity index (χ1n) is 8.48. The van der Waals surface area contributed by atoms with Crippen LogP contribution >= 0.6 is 11.3 Å². The maximum atomic E-state index is 12.4. The number of benzene rings is 1. The number of amides is 1. The predicted octanol–water partition coefficient (Wildman–Crippen LogP) is 1.71. The minimum atomic E-state index is -0.152. The summed E-state index contributed by atoms with van der Waals surface area (Å²) in [5, 5.41) is 5.56. The lowest BCUT2D eigenvalue weighted by Gasteiger charge is -2.35. The van der Waals surface area contributed by atoms with Crippen molar-refractivity contribution in [2.24, 2.45) is 5.73 Å². The molecule has 0 aliphatic carbocycles. The standard InChI is InChI=1S/C18H24N4O2S/c1-13-2-4-14(5-3-13)16(22-6-8-24-9-7-22)11-20-18(23)15-12-25-17(10-19)21-15/h2-5,12,16H,6-11,19H2,1H3,(H,20,23). The van der Waals surface area contributed by atoms with Crippen molar-refractivity contribution in [1.29, 1.82) is 0 Å². The van der Waals surface area contributed by atoms with Crippen molar-refractivity contribution in [1.82, 2.24) is 15.2 Å². The quantitative estimate of drug-likeness (QED) is 0.820. The molecular weight excluding hydrogens is 336 g/mol. The van der Waals surface area contributed by atoms with E-state index in [2.05, 4.69) is 46.4 Å². The van der Waals surface area contributed by atoms with Gasteiger partial charge in [0.1, 0.15) is 10.7 Å². The Hall–Kier alpha value is -1.80. The smallest absolute Gasteiger partial charge is 0.270 e. The first-order valence-corrected chi connectivity index (χ1v) is 9.36. The second-order valence-corrected chi connectivity index (χ2v) is 7.06. The SMILES string of the molecule is Cc1ccc(C(CNC(=O)c2csc(CN)n2)N2CCOCC2)cc1. The van der Waals surface area contributed by atoms with E-state index in [9.17, 15) is 4.79 Å². The van der Waals surface area contributed by atoms with E-state index in [1.807, 2.05) is 0 Å². The lowest BCUT2D eigenvalue weighted by Crippen LogP contribution is -2.43. The van der Waals surface area contributed by atoms with Crippen LogP contribution in [0.1, 0.15) is 32.7 Å². The van der Waals surface area contributed by atoms with Crippen molar-refractivity contribution in [2.75, 3.05) is 32.8 Å². The molecular formula is C18H24N4O2S. The molecule has 1 fully saturated rings. The molecule has 3 rings (SSSR count). The van der Waals surface area contributed by atoms with Gasteiger partial charge in [0, 0.05) is 31.6 Å². The van der Waals surface area contributed by atoms with Crippen LogP contribution in [0.4, 0.5) is 0 Å². The van der Waals surface area contributed by atoms with Crippen molar-refractivity contribution in [3.05, 3.63) is 51.5 Å². The second-order valence-electron chi connectivity index (χ2n) is 6.12. The van der Waals surface area contributed by atoms with Crippen molar-refractivity contribution in [3.63, 3.8) is 0 Å². The molecule has 0 bridgehead atoms. The normalized spacial score (nSPS) is 16.6. The molecule has 1 aliphatic heterocycles. The average Bonchev–Trinajstić information content (AvgIpc) is 3.13. The Morgan fingerprint density at radius 3 is 2.72 bits per heavy atom. The Bertz CT molecular complexity index is 695. The zero-order chi connectivity index (χ0) is 17.6. The van der Waals surface area contributed by atoms with Crippen LogP contribution in [0.2, 0.25) is 0 Å². The molecule has 134 valence electrons. The molecule has 0 saturated carbocycles. The van der Waals surface area contributed by atoms with Gasteiger partial charge >= 0.3 is 0 Å². The molecule has 7 heteroatoms. The van der Waals surface area contributed by atoms with E-state index in [0.29, 0.717) is 18.8 Å². The number of hydrogen-bond donors (Lipinski definition) is 2. The number of rotatable bonds is 6. The second kappa shape index (κ2) is 8.53. The van der Waals surface area contributed by atoms with Crippen molar-refractivity contribution >= 4 is 17.2 Å². The van der Waals surface area contributed by atoms with Crippen molar-refractivity contribution in [2.45, 2.75) is 19.5 Å². The number of nitrogens with one attached hydrogen (secondary N) is 1. The molecule has 1 atom stereocenters. The van der Waals surface area contributed by atoms with Gasteiger partial charge in [-0.25, -0.2) is 4.98 Å². The van der Waals surface area contributed by atoms with Gasteiger partial charge in [-0.15, -0.1) is 11.3 Å². The first kappa shape index (κ1) is 18.0. The summed E-state index contributed by atoms with van der Waals surface area (Å²) in [7, 11) is 0. The summed E-state index contributed by atoms with van der Waals surface area (Å²) in [6, 6.07) is 8.62. The van der Waals surface area contributed by atoms with Crippen LogP contribution in [0.15, 0.2) is 29.6 Å². The molecule has 3 N–H and O–H groups in total. The van der Waals surface area contributed by atoms with E-state index < -0.39 is 0 Å². The van der Waals surface area contributed by atoms with Gasteiger partial charge in [0.2, 0.25) is 0 Å². The summed E-state index contributed by atoms with van der Waals surface area (Å²) in [5.74, 6) is -0.152. The van der Waals surface area contributed by atoms with E-state index in [4.69, 9.17) is 10.5 Å². The summed E-state index contributed by atoms with van der Waals surface area (Å²) < 4.78 is 5.47. The van der Waals surface area contributed by atoms with E-state index in [-0.39, 0.29) is 11.9 Å². The summed E-state index contributed by atoms with van der Waals surface area (Å²) in [5.41, 5.74) is 8.44. The van der Waals surface area contributed by atoms with Gasteiger partial charge in [-0.3, -0.25) is 9.69 Å². The monoisotopic (exact) mass is 360 g/mol. The van der Waals surface area contributed by atoms with Crippen molar-refractivity contribution < 1.29 is 9.53 Å². The number of hydrogen-bond acceptors (Lipinski definition) is 6. The maximum absolute atomic E-state index is 12.4. The maximum Gasteiger partial charge on any atom is 0.270 e. The van der Waals surface area contributed by atoms with Crippen LogP contribution in [0.3, 0.4) is 0 Å². The van der Waals surface area contributed by atoms with Gasteiger partial charge in [-0.1, -0.05) is 29.8 Å². The highest BCUT2D eigenvalue weighted by molar-refractivity contribution is 7.09. The zero-order valence-corrected chi connectivity index (χ0v) is 15.2. The molecule has 1 saturated heterocycles. The molecule has 1 amide bonds. The lowest BCUT2D eigenvalue weighted by molar-refractivity contribution is 0.0162. The van der Waals surface area contributed by atoms with E-state index in [0.717, 1.165) is 31.3 Å². The molecule has 1 aliphatic rings. The summed E-state index contributed by atoms with van der Waals surface area (Å²) >= 11 is 1.41. The minimum Gasteiger partial charge on any atom is -0.379 e. The molecule has 1 unspecified atom stereocenters. The zero-order valence-electron chi connectivity index (χ0n) is 14.4. The number of nitrogens with two attached hydrogens (primary N) is 1. The first-order chi connectivity index (χ1) is 12.2. The van der Waals surface area contributed by atoms with Gasteiger partial charge in [0.25, 0.3) is 5.91 Å². The molecule has 1 aromatic heterocycles. The van der Waals surface area contributed by atoms with Crippen LogP contribution in [0.25, 0.3) is 0 Å². The van der Waals surface area contributed by atoms with Gasteiger partial charge in [-0.2, -0.15) is 0 Å². The Labute approximate surface area is 152 Å². The van der Waals surface area contributed by atoms with Gasteiger partial charge in [0.15, 0.2) is 0 Å². The Balaban J connectivity index is 1.70. The number of morpholine rings is 1. The lowest BCUT2D eigenvalue weighted by atomic mass is 10.0. The number of carbonyl (C=O) groups is 1. The number of carbonyl (C=O) groups excluding carboxylic acids is 1. The van der Waals surface area contributed by atoms with Crippen LogP contribution in [-0.2, 0) is 11.3 Å². The highest BCUT2D eigenvalue weighted by Crippen LogP contribution is 2.22. The minimum absolute atomic E-state index is 0.126. The van der Waals surface area contributed by atoms with E-state index in [1.165, 1.54) is 22.5 Å². The third-order valence-electron chi connectivity index (χ3n) is 4.36. The highest BCUT2D eigenvalue weighted by Gasteiger charge is 2.23. The number of ether oxygens (including phenoxy) is 1. The fraction of sp³-hybridized carbons (Fsp3) is 0.444. The topological polar surface area (TPSA) is 80.5 Å². The highest BCUT2D eigenvalue weighted by atomic mass is 32.1. The van der Waals surface area contributed by atoms with E-state index in [1.54, 1.807) is 5.38 Å². The molecule has 25 heavy (non-hydrogen) atoms. The predicted molar refractivity (Wildman–Crippen MR) is 98.7 cm³/mol. The van der Waals surface area contributed by atoms with Gasteiger partial charge in [0.05, 0.1) is 19.3 Å². The van der Waals surface area contributed by atoms with Crippen LogP contribution in [-0.4, -0.2) is 48.6 Å². The van der Waals surface area contributed by atoms with Crippen molar-refractivity contribution in [3.8, 4) is 0 Å². The Morgan fingerprint density at radius 1 is 1.36 bits per heavy atom. The third-order valence-corrected chi connectivity index (χ3v) is 5.23. The third kappa shape index (κ3) is 4.64. The molecule has 2 heterocycles. The number of aromatic nitrogens is 1. The molecule has 1 aromatic carbocycles. The number of nitrogens with zero attached hydrogens (tertiary/aromatic N) is 2. The Morgan fingerprint density at radius 2 is 2.08 bits per heavy atom. The molecule has 0 radical (unpaired) electrons. The summed E-state index contributed by atoms with van der Waals surface area (Å²) in [6.07, 6.45) is 0. The summed E-state index contributed by atoms with van der Waals surface area (Å²) in [6.45, 7) is 6.15. The average molecular weight is 360 g/mol. The van der Waals surface area contributed by atoms with E-state index >= 15 is 0 Å². The Kier molecular flexibility index (Phi) is 6.14. The van der Waals surface area contributed by atoms with Crippen LogP contribution in [0, 0.1) is 6.92 Å². The largest absolute Gasteiger partial charge is 0.379 e. The van der Waals surface area contributed by atoms with Crippen LogP contribution < -0.4 is 11.1 Å². The molecule has 2 aromatic rings. The molecule has 0 spiro atoms. The number of aryl methyl sites for hydroxylation is 1. The molecule has 6 nitrogen and oxygen atoms in total. The van der Waals surface area contributed by atoms with Crippen LogP contribution in [0.5, 0.6) is 0 Å². The number of thiazole rings is 1. The summed E-state index contributed by atoms with van der Waals surface area (Å²) in [4.78, 5) is 19.0. The van der Waals surface area contributed by atoms with Gasteiger partial charge in [-0.05, 0) is 12.5 Å². The fourth-order valence-corrected chi connectivity index (χ4v) is 3.58.